The van der Waals surface area contributed by atoms with Crippen molar-refractivity contribution in [1.82, 2.24) is 9.80 Å². The summed E-state index contributed by atoms with van der Waals surface area (Å²) in [7, 11) is 0. The first-order chi connectivity index (χ1) is 6.29. The number of carbonyl (C=O) groups is 2. The Morgan fingerprint density at radius 1 is 0.923 bits per heavy atom. The minimum atomic E-state index is -0.107. The Labute approximate surface area is 76.5 Å². The molecule has 0 bridgehead atoms. The van der Waals surface area contributed by atoms with Crippen molar-refractivity contribution in [2.24, 2.45) is 0 Å². The van der Waals surface area contributed by atoms with Crippen molar-refractivity contribution in [2.75, 3.05) is 13.1 Å². The van der Waals surface area contributed by atoms with Crippen LogP contribution in [0.2, 0.25) is 0 Å². The number of piperazine rings is 1. The van der Waals surface area contributed by atoms with E-state index in [1.165, 1.54) is 0 Å². The summed E-state index contributed by atoms with van der Waals surface area (Å²) in [4.78, 5) is 27.0. The molecule has 0 N–H and O–H groups in total. The first-order valence-electron chi connectivity index (χ1n) is 4.90. The molecule has 70 valence electrons. The summed E-state index contributed by atoms with van der Waals surface area (Å²) in [6, 6.07) is -0.203. The van der Waals surface area contributed by atoms with Gasteiger partial charge in [-0.3, -0.25) is 9.59 Å². The maximum atomic E-state index is 11.7. The zero-order valence-corrected chi connectivity index (χ0v) is 7.40. The van der Waals surface area contributed by atoms with Gasteiger partial charge in [-0.1, -0.05) is 0 Å². The second kappa shape index (κ2) is 2.25. The monoisotopic (exact) mass is 180 g/mol. The van der Waals surface area contributed by atoms with Crippen LogP contribution in [0.25, 0.3) is 0 Å². The molecule has 0 spiro atoms. The van der Waals surface area contributed by atoms with Crippen molar-refractivity contribution in [3.05, 3.63) is 0 Å². The van der Waals surface area contributed by atoms with Gasteiger partial charge in [0.2, 0.25) is 11.8 Å². The van der Waals surface area contributed by atoms with Crippen molar-refractivity contribution in [1.29, 1.82) is 0 Å². The molecule has 0 saturated carbocycles. The topological polar surface area (TPSA) is 40.6 Å². The summed E-state index contributed by atoms with van der Waals surface area (Å²) >= 11 is 0. The van der Waals surface area contributed by atoms with Gasteiger partial charge >= 0.3 is 0 Å². The molecule has 0 unspecified atom stereocenters. The summed E-state index contributed by atoms with van der Waals surface area (Å²) in [6.07, 6.45) is 2.73. The molecular formula is C9H12N2O2. The zero-order valence-electron chi connectivity index (χ0n) is 7.40. The van der Waals surface area contributed by atoms with Crippen LogP contribution >= 0.6 is 0 Å². The fraction of sp³-hybridized carbons (Fsp3) is 0.778. The van der Waals surface area contributed by atoms with E-state index < -0.39 is 0 Å². The lowest BCUT2D eigenvalue weighted by Crippen LogP contribution is -2.68. The molecule has 3 saturated heterocycles. The normalized spacial score (nSPS) is 37.2. The third kappa shape index (κ3) is 0.759. The first kappa shape index (κ1) is 7.35. The van der Waals surface area contributed by atoms with E-state index in [2.05, 4.69) is 0 Å². The van der Waals surface area contributed by atoms with Crippen LogP contribution in [0.4, 0.5) is 0 Å². The van der Waals surface area contributed by atoms with E-state index in [0.717, 1.165) is 32.4 Å². The molecule has 0 aromatic carbocycles. The molecule has 0 radical (unpaired) electrons. The third-order valence-corrected chi connectivity index (χ3v) is 3.41. The van der Waals surface area contributed by atoms with E-state index in [9.17, 15) is 9.59 Å². The van der Waals surface area contributed by atoms with Gasteiger partial charge in [-0.25, -0.2) is 0 Å². The van der Waals surface area contributed by atoms with Crippen LogP contribution < -0.4 is 0 Å². The van der Waals surface area contributed by atoms with Crippen LogP contribution in [0.1, 0.15) is 19.3 Å². The maximum absolute atomic E-state index is 11.7. The molecule has 13 heavy (non-hydrogen) atoms. The van der Waals surface area contributed by atoms with Crippen molar-refractivity contribution < 1.29 is 9.59 Å². The number of amides is 2. The van der Waals surface area contributed by atoms with E-state index in [1.54, 1.807) is 9.80 Å². The fourth-order valence-corrected chi connectivity index (χ4v) is 2.58. The molecule has 0 aromatic heterocycles. The minimum absolute atomic E-state index is 0.0955. The van der Waals surface area contributed by atoms with Crippen LogP contribution in [0, 0.1) is 0 Å². The molecule has 4 nitrogen and oxygen atoms in total. The van der Waals surface area contributed by atoms with E-state index >= 15 is 0 Å². The average Bonchev–Trinajstić information content (AvgIpc) is 2.47. The Bertz CT molecular complexity index is 261. The van der Waals surface area contributed by atoms with Crippen LogP contribution in [0.3, 0.4) is 0 Å². The van der Waals surface area contributed by atoms with Crippen molar-refractivity contribution in [3.8, 4) is 0 Å². The highest BCUT2D eigenvalue weighted by Gasteiger charge is 2.51. The molecular weight excluding hydrogens is 168 g/mol. The lowest BCUT2D eigenvalue weighted by atomic mass is 9.95. The lowest BCUT2D eigenvalue weighted by Gasteiger charge is -2.48. The summed E-state index contributed by atoms with van der Waals surface area (Å²) in [5.74, 6) is 0.377. The second-order valence-corrected chi connectivity index (χ2v) is 4.03. The quantitative estimate of drug-likeness (QED) is 0.508. The molecule has 0 aliphatic carbocycles. The van der Waals surface area contributed by atoms with Gasteiger partial charge in [0.05, 0.1) is 0 Å². The molecule has 3 aliphatic heterocycles. The first-order valence-corrected chi connectivity index (χ1v) is 4.90. The maximum Gasteiger partial charge on any atom is 0.246 e. The Hall–Kier alpha value is -1.06. The number of fused-ring (bicyclic) bond motifs is 2. The minimum Gasteiger partial charge on any atom is -0.329 e. The summed E-state index contributed by atoms with van der Waals surface area (Å²) in [5, 5.41) is 0. The lowest BCUT2D eigenvalue weighted by molar-refractivity contribution is -0.166. The third-order valence-electron chi connectivity index (χ3n) is 3.41. The van der Waals surface area contributed by atoms with Gasteiger partial charge in [-0.15, -0.1) is 0 Å². The van der Waals surface area contributed by atoms with Gasteiger partial charge in [0.15, 0.2) is 0 Å². The summed E-state index contributed by atoms with van der Waals surface area (Å²) < 4.78 is 0. The van der Waals surface area contributed by atoms with Crippen molar-refractivity contribution in [2.45, 2.75) is 31.3 Å². The van der Waals surface area contributed by atoms with E-state index in [0.29, 0.717) is 0 Å². The van der Waals surface area contributed by atoms with Gasteiger partial charge in [-0.05, 0) is 19.3 Å². The molecule has 3 aliphatic rings. The predicted molar refractivity (Wildman–Crippen MR) is 44.9 cm³/mol. The highest BCUT2D eigenvalue weighted by Crippen LogP contribution is 2.32. The van der Waals surface area contributed by atoms with Crippen LogP contribution in [-0.4, -0.2) is 46.8 Å². The standard InChI is InChI=1S/C9H12N2O2/c12-8-6-2-1-4-10(6)9(13)7-3-5-11(7)8/h6-7H,1-5H2/t6-,7-/m1/s1. The highest BCUT2D eigenvalue weighted by molar-refractivity contribution is 5.98. The zero-order chi connectivity index (χ0) is 9.00. The smallest absolute Gasteiger partial charge is 0.246 e. The highest BCUT2D eigenvalue weighted by atomic mass is 16.2. The van der Waals surface area contributed by atoms with Crippen LogP contribution in [-0.2, 0) is 9.59 Å². The molecule has 3 rings (SSSR count). The number of hydrogen-bond acceptors (Lipinski definition) is 2. The Morgan fingerprint density at radius 2 is 1.54 bits per heavy atom. The fourth-order valence-electron chi connectivity index (χ4n) is 2.58. The van der Waals surface area contributed by atoms with Crippen molar-refractivity contribution >= 4 is 11.8 Å². The molecule has 3 heterocycles. The van der Waals surface area contributed by atoms with Gasteiger partial charge in [0, 0.05) is 13.1 Å². The molecule has 4 heteroatoms. The van der Waals surface area contributed by atoms with E-state index in [4.69, 9.17) is 0 Å². The largest absolute Gasteiger partial charge is 0.329 e. The van der Waals surface area contributed by atoms with Crippen LogP contribution in [0.15, 0.2) is 0 Å². The summed E-state index contributed by atoms with van der Waals surface area (Å²) in [5.41, 5.74) is 0. The molecule has 3 fully saturated rings. The number of rotatable bonds is 0. The summed E-state index contributed by atoms with van der Waals surface area (Å²) in [6.45, 7) is 1.58. The van der Waals surface area contributed by atoms with E-state index in [-0.39, 0.29) is 23.9 Å². The molecule has 0 aromatic rings. The number of carbonyl (C=O) groups excluding carboxylic acids is 2. The molecule has 2 amide bonds. The number of nitrogens with zero attached hydrogens (tertiary/aromatic N) is 2. The Balaban J connectivity index is 1.95. The molecule has 2 atom stereocenters. The number of hydrogen-bond donors (Lipinski definition) is 0. The Morgan fingerprint density at radius 3 is 2.15 bits per heavy atom. The average molecular weight is 180 g/mol. The van der Waals surface area contributed by atoms with Gasteiger partial charge < -0.3 is 9.80 Å². The van der Waals surface area contributed by atoms with Crippen molar-refractivity contribution in [3.63, 3.8) is 0 Å². The van der Waals surface area contributed by atoms with Crippen LogP contribution in [0.5, 0.6) is 0 Å². The Kier molecular flexibility index (Phi) is 1.27. The van der Waals surface area contributed by atoms with Gasteiger partial charge in [0.25, 0.3) is 0 Å². The SMILES string of the molecule is O=C1[C@H]2CCN2C(=O)[C@H]2CCCN12. The second-order valence-electron chi connectivity index (χ2n) is 4.03. The van der Waals surface area contributed by atoms with Gasteiger partial charge in [-0.2, -0.15) is 0 Å². The predicted octanol–water partition coefficient (Wildman–Crippen LogP) is -0.408. The van der Waals surface area contributed by atoms with E-state index in [1.807, 2.05) is 0 Å². The van der Waals surface area contributed by atoms with Gasteiger partial charge in [0.1, 0.15) is 12.1 Å².